The molecule has 0 aliphatic carbocycles. The maximum atomic E-state index is 11.4. The highest BCUT2D eigenvalue weighted by Gasteiger charge is 2.11. The van der Waals surface area contributed by atoms with Gasteiger partial charge in [-0.05, 0) is 32.0 Å². The predicted octanol–water partition coefficient (Wildman–Crippen LogP) is 1.05. The zero-order chi connectivity index (χ0) is 14.4. The molecule has 1 aromatic rings. The van der Waals surface area contributed by atoms with Crippen molar-refractivity contribution in [2.24, 2.45) is 5.73 Å². The summed E-state index contributed by atoms with van der Waals surface area (Å²) in [5.74, 6) is 0.00333. The summed E-state index contributed by atoms with van der Waals surface area (Å²) in [6.07, 6.45) is 6.73. The molecule has 20 heavy (non-hydrogen) atoms. The third kappa shape index (κ3) is 4.09. The summed E-state index contributed by atoms with van der Waals surface area (Å²) < 4.78 is 0. The van der Waals surface area contributed by atoms with Crippen LogP contribution >= 0.6 is 0 Å². The molecule has 0 bridgehead atoms. The van der Waals surface area contributed by atoms with Crippen molar-refractivity contribution in [1.82, 2.24) is 9.88 Å². The van der Waals surface area contributed by atoms with Crippen LogP contribution in [0.4, 0.5) is 11.5 Å². The number of aromatic nitrogens is 1. The van der Waals surface area contributed by atoms with Gasteiger partial charge in [0.1, 0.15) is 5.82 Å². The minimum atomic E-state index is -0.512. The van der Waals surface area contributed by atoms with Gasteiger partial charge in [0.2, 0.25) is 0 Å². The number of rotatable bonds is 5. The number of carbonyl (C=O) groups excluding carboxylic acids is 1. The van der Waals surface area contributed by atoms with Crippen LogP contribution in [0.5, 0.6) is 0 Å². The average molecular weight is 277 g/mol. The van der Waals surface area contributed by atoms with Gasteiger partial charge >= 0.3 is 0 Å². The van der Waals surface area contributed by atoms with Crippen molar-refractivity contribution in [3.63, 3.8) is 0 Å². The van der Waals surface area contributed by atoms with Gasteiger partial charge in [-0.15, -0.1) is 0 Å². The lowest BCUT2D eigenvalue weighted by Gasteiger charge is -2.20. The summed E-state index contributed by atoms with van der Waals surface area (Å²) in [5, 5.41) is 3.18. The monoisotopic (exact) mass is 277 g/mol. The van der Waals surface area contributed by atoms with Crippen LogP contribution in [-0.4, -0.2) is 42.0 Å². The molecule has 0 aromatic carbocycles. The van der Waals surface area contributed by atoms with E-state index in [0.717, 1.165) is 26.2 Å². The maximum absolute atomic E-state index is 11.4. The van der Waals surface area contributed by atoms with Crippen LogP contribution in [0.25, 0.3) is 0 Å². The van der Waals surface area contributed by atoms with Crippen LogP contribution in [0, 0.1) is 0 Å². The highest BCUT2D eigenvalue weighted by molar-refractivity contribution is 5.98. The highest BCUT2D eigenvalue weighted by Crippen LogP contribution is 2.15. The molecule has 1 aromatic heterocycles. The Labute approximate surface area is 119 Å². The average Bonchev–Trinajstić information content (AvgIpc) is 2.69. The van der Waals surface area contributed by atoms with Gasteiger partial charge in [-0.1, -0.05) is 12.8 Å². The maximum Gasteiger partial charge on any atom is 0.252 e. The van der Waals surface area contributed by atoms with Crippen molar-refractivity contribution < 1.29 is 4.79 Å². The second-order valence-corrected chi connectivity index (χ2v) is 5.21. The van der Waals surface area contributed by atoms with Crippen molar-refractivity contribution in [1.29, 1.82) is 0 Å². The van der Waals surface area contributed by atoms with Gasteiger partial charge in [-0.2, -0.15) is 0 Å². The third-order valence-electron chi connectivity index (χ3n) is 3.59. The second kappa shape index (κ2) is 7.09. The number of pyridine rings is 1. The minimum absolute atomic E-state index is 0.348. The molecule has 110 valence electrons. The van der Waals surface area contributed by atoms with Crippen LogP contribution in [0.15, 0.2) is 12.3 Å². The molecule has 6 nitrogen and oxygen atoms in total. The van der Waals surface area contributed by atoms with E-state index in [4.69, 9.17) is 11.5 Å². The molecule has 0 atom stereocenters. The van der Waals surface area contributed by atoms with Gasteiger partial charge < -0.3 is 21.7 Å². The van der Waals surface area contributed by atoms with Crippen LogP contribution in [-0.2, 0) is 0 Å². The summed E-state index contributed by atoms with van der Waals surface area (Å²) in [6.45, 7) is 4.00. The molecule has 0 unspecified atom stereocenters. The fourth-order valence-electron chi connectivity index (χ4n) is 2.50. The van der Waals surface area contributed by atoms with Crippen LogP contribution < -0.4 is 16.8 Å². The number of nitrogen functional groups attached to an aromatic ring is 1. The molecule has 6 heteroatoms. The van der Waals surface area contributed by atoms with Crippen molar-refractivity contribution in [3.8, 4) is 0 Å². The van der Waals surface area contributed by atoms with Gasteiger partial charge in [0.05, 0.1) is 17.4 Å². The molecular formula is C14H23N5O. The van der Waals surface area contributed by atoms with E-state index in [9.17, 15) is 4.79 Å². The lowest BCUT2D eigenvalue weighted by molar-refractivity contribution is 0.100. The molecule has 1 saturated heterocycles. The Kier molecular flexibility index (Phi) is 5.17. The van der Waals surface area contributed by atoms with Crippen molar-refractivity contribution in [2.45, 2.75) is 25.7 Å². The zero-order valence-electron chi connectivity index (χ0n) is 11.8. The number of carbonyl (C=O) groups is 1. The molecule has 1 fully saturated rings. The lowest BCUT2D eigenvalue weighted by atomic mass is 10.2. The number of hydrogen-bond donors (Lipinski definition) is 3. The van der Waals surface area contributed by atoms with E-state index < -0.39 is 5.91 Å². The molecule has 0 radical (unpaired) electrons. The fraction of sp³-hybridized carbons (Fsp3) is 0.571. The van der Waals surface area contributed by atoms with Crippen molar-refractivity contribution in [2.75, 3.05) is 37.2 Å². The number of nitrogens with one attached hydrogen (secondary N) is 1. The number of primary amides is 1. The third-order valence-corrected chi connectivity index (χ3v) is 3.59. The van der Waals surface area contributed by atoms with Crippen LogP contribution in [0.1, 0.15) is 36.0 Å². The SMILES string of the molecule is NC(=O)c1cc(N)cnc1NCCN1CCCCCC1. The molecule has 1 aliphatic rings. The van der Waals surface area contributed by atoms with E-state index in [1.807, 2.05) is 0 Å². The lowest BCUT2D eigenvalue weighted by Crippen LogP contribution is -2.30. The number of hydrogen-bond acceptors (Lipinski definition) is 5. The van der Waals surface area contributed by atoms with E-state index in [2.05, 4.69) is 15.2 Å². The van der Waals surface area contributed by atoms with E-state index >= 15 is 0 Å². The largest absolute Gasteiger partial charge is 0.397 e. The first kappa shape index (κ1) is 14.6. The van der Waals surface area contributed by atoms with Crippen LogP contribution in [0.2, 0.25) is 0 Å². The van der Waals surface area contributed by atoms with Crippen molar-refractivity contribution >= 4 is 17.4 Å². The summed E-state index contributed by atoms with van der Waals surface area (Å²) in [7, 11) is 0. The quantitative estimate of drug-likeness (QED) is 0.747. The van der Waals surface area contributed by atoms with Crippen LogP contribution in [0.3, 0.4) is 0 Å². The number of nitrogens with zero attached hydrogens (tertiary/aromatic N) is 2. The zero-order valence-corrected chi connectivity index (χ0v) is 11.8. The Hall–Kier alpha value is -1.82. The molecule has 1 aliphatic heterocycles. The summed E-state index contributed by atoms with van der Waals surface area (Å²) in [4.78, 5) is 18.0. The Balaban J connectivity index is 1.88. The number of anilines is 2. The van der Waals surface area contributed by atoms with E-state index in [-0.39, 0.29) is 0 Å². The van der Waals surface area contributed by atoms with Crippen molar-refractivity contribution in [3.05, 3.63) is 17.8 Å². The van der Waals surface area contributed by atoms with Gasteiger partial charge in [0.15, 0.2) is 0 Å². The Morgan fingerprint density at radius 2 is 2.00 bits per heavy atom. The number of amides is 1. The van der Waals surface area contributed by atoms with Gasteiger partial charge in [0.25, 0.3) is 5.91 Å². The number of likely N-dealkylation sites (tertiary alicyclic amines) is 1. The summed E-state index contributed by atoms with van der Waals surface area (Å²) in [5.41, 5.74) is 11.7. The first-order valence-electron chi connectivity index (χ1n) is 7.18. The first-order valence-corrected chi connectivity index (χ1v) is 7.18. The first-order chi connectivity index (χ1) is 9.66. The second-order valence-electron chi connectivity index (χ2n) is 5.21. The van der Waals surface area contributed by atoms with Gasteiger partial charge in [0, 0.05) is 13.1 Å². The normalized spacial score (nSPS) is 16.6. The highest BCUT2D eigenvalue weighted by atomic mass is 16.1. The molecule has 5 N–H and O–H groups in total. The van der Waals surface area contributed by atoms with Gasteiger partial charge in [-0.3, -0.25) is 4.79 Å². The molecule has 1 amide bonds. The standard InChI is InChI=1S/C14H23N5O/c15-11-9-12(13(16)20)14(18-10-11)17-5-8-19-6-3-1-2-4-7-19/h9-10H,1-8,15H2,(H2,16,20)(H,17,18). The minimum Gasteiger partial charge on any atom is -0.397 e. The summed E-state index contributed by atoms with van der Waals surface area (Å²) >= 11 is 0. The summed E-state index contributed by atoms with van der Waals surface area (Å²) in [6, 6.07) is 1.56. The molecular weight excluding hydrogens is 254 g/mol. The smallest absolute Gasteiger partial charge is 0.252 e. The topological polar surface area (TPSA) is 97.3 Å². The Bertz CT molecular complexity index is 455. The fourth-order valence-corrected chi connectivity index (χ4v) is 2.50. The molecule has 0 saturated carbocycles. The Morgan fingerprint density at radius 3 is 2.65 bits per heavy atom. The molecule has 0 spiro atoms. The Morgan fingerprint density at radius 1 is 1.30 bits per heavy atom. The van der Waals surface area contributed by atoms with E-state index in [0.29, 0.717) is 17.1 Å². The van der Waals surface area contributed by atoms with E-state index in [1.165, 1.54) is 31.9 Å². The van der Waals surface area contributed by atoms with Gasteiger partial charge in [-0.25, -0.2) is 4.98 Å². The molecule has 2 heterocycles. The predicted molar refractivity (Wildman–Crippen MR) is 80.6 cm³/mol. The molecule has 2 rings (SSSR count). The van der Waals surface area contributed by atoms with E-state index in [1.54, 1.807) is 6.07 Å². The number of nitrogens with two attached hydrogens (primary N) is 2.